The molecule has 0 bridgehead atoms. The lowest BCUT2D eigenvalue weighted by atomic mass is 10.2. The Kier molecular flexibility index (Phi) is 4.12. The first-order chi connectivity index (χ1) is 7.19. The van der Waals surface area contributed by atoms with Crippen LogP contribution in [0.1, 0.15) is 24.2 Å². The Morgan fingerprint density at radius 1 is 1.33 bits per heavy atom. The van der Waals surface area contributed by atoms with Gasteiger partial charge in [0.25, 0.3) is 0 Å². The zero-order valence-corrected chi connectivity index (χ0v) is 8.93. The molecule has 0 saturated carbocycles. The molecule has 0 unspecified atom stereocenters. The molecule has 15 heavy (non-hydrogen) atoms. The van der Waals surface area contributed by atoms with Crippen LogP contribution in [0.3, 0.4) is 0 Å². The lowest BCUT2D eigenvalue weighted by Gasteiger charge is -2.17. The Balaban J connectivity index is 2.73. The van der Waals surface area contributed by atoms with Crippen molar-refractivity contribution in [3.05, 3.63) is 29.8 Å². The Morgan fingerprint density at radius 3 is 2.47 bits per heavy atom. The second-order valence-electron chi connectivity index (χ2n) is 3.01. The van der Waals surface area contributed by atoms with Crippen molar-refractivity contribution in [1.29, 1.82) is 0 Å². The summed E-state index contributed by atoms with van der Waals surface area (Å²) in [5, 5.41) is 10.9. The maximum Gasteiger partial charge on any atom is 0.360 e. The molecule has 4 nitrogen and oxygen atoms in total. The highest BCUT2D eigenvalue weighted by atomic mass is 16.7. The summed E-state index contributed by atoms with van der Waals surface area (Å²) < 4.78 is 0. The van der Waals surface area contributed by atoms with Gasteiger partial charge in [0.2, 0.25) is 0 Å². The molecule has 1 aromatic carbocycles. The summed E-state index contributed by atoms with van der Waals surface area (Å²) in [6.45, 7) is 5.02. The number of phenols is 1. The standard InChI is InChI=1S/C11H15NO3/c1-3-12(4-2)15-11(14)9-7-5-6-8-10(9)13/h5-8,13H,3-4H2,1-2H3. The van der Waals surface area contributed by atoms with Gasteiger partial charge in [-0.3, -0.25) is 0 Å². The van der Waals surface area contributed by atoms with E-state index < -0.39 is 5.97 Å². The van der Waals surface area contributed by atoms with Gasteiger partial charge in [0, 0.05) is 13.1 Å². The lowest BCUT2D eigenvalue weighted by Crippen LogP contribution is -2.26. The van der Waals surface area contributed by atoms with Gasteiger partial charge in [0.05, 0.1) is 0 Å². The third-order valence-electron chi connectivity index (χ3n) is 2.04. The predicted octanol–water partition coefficient (Wildman–Crippen LogP) is 1.81. The van der Waals surface area contributed by atoms with Crippen molar-refractivity contribution >= 4 is 5.97 Å². The second-order valence-corrected chi connectivity index (χ2v) is 3.01. The molecular weight excluding hydrogens is 194 g/mol. The highest BCUT2D eigenvalue weighted by molar-refractivity contribution is 5.92. The summed E-state index contributed by atoms with van der Waals surface area (Å²) in [5.74, 6) is -0.591. The molecule has 1 N–H and O–H groups in total. The number of hydrogen-bond donors (Lipinski definition) is 1. The Hall–Kier alpha value is -1.55. The van der Waals surface area contributed by atoms with Crippen molar-refractivity contribution in [3.63, 3.8) is 0 Å². The molecule has 1 rings (SSSR count). The van der Waals surface area contributed by atoms with Crippen LogP contribution < -0.4 is 0 Å². The zero-order chi connectivity index (χ0) is 11.3. The van der Waals surface area contributed by atoms with E-state index in [2.05, 4.69) is 0 Å². The average molecular weight is 209 g/mol. The van der Waals surface area contributed by atoms with E-state index >= 15 is 0 Å². The summed E-state index contributed by atoms with van der Waals surface area (Å²) in [6, 6.07) is 6.32. The number of carbonyl (C=O) groups is 1. The van der Waals surface area contributed by atoms with Gasteiger partial charge in [0.15, 0.2) is 0 Å². The third-order valence-corrected chi connectivity index (χ3v) is 2.04. The first-order valence-corrected chi connectivity index (χ1v) is 4.94. The fraction of sp³-hybridized carbons (Fsp3) is 0.364. The topological polar surface area (TPSA) is 49.8 Å². The van der Waals surface area contributed by atoms with Crippen molar-refractivity contribution in [2.24, 2.45) is 0 Å². The number of hydroxylamine groups is 2. The van der Waals surface area contributed by atoms with Gasteiger partial charge < -0.3 is 9.94 Å². The van der Waals surface area contributed by atoms with Crippen molar-refractivity contribution in [2.75, 3.05) is 13.1 Å². The number of para-hydroxylation sites is 1. The highest BCUT2D eigenvalue weighted by Gasteiger charge is 2.14. The van der Waals surface area contributed by atoms with Crippen molar-refractivity contribution in [1.82, 2.24) is 5.06 Å². The third kappa shape index (κ3) is 2.95. The van der Waals surface area contributed by atoms with Gasteiger partial charge in [-0.05, 0) is 26.0 Å². The fourth-order valence-corrected chi connectivity index (χ4v) is 1.17. The first-order valence-electron chi connectivity index (χ1n) is 4.94. The number of nitrogens with zero attached hydrogens (tertiary/aromatic N) is 1. The molecule has 0 fully saturated rings. The fourth-order valence-electron chi connectivity index (χ4n) is 1.17. The first kappa shape index (κ1) is 11.5. The zero-order valence-electron chi connectivity index (χ0n) is 8.93. The summed E-state index contributed by atoms with van der Waals surface area (Å²) in [6.07, 6.45) is 0. The molecule has 0 amide bonds. The minimum Gasteiger partial charge on any atom is -0.507 e. The SMILES string of the molecule is CCN(CC)OC(=O)c1ccccc1O. The molecule has 0 aliphatic heterocycles. The molecule has 0 radical (unpaired) electrons. The van der Waals surface area contributed by atoms with Gasteiger partial charge in [-0.1, -0.05) is 12.1 Å². The molecular formula is C11H15NO3. The van der Waals surface area contributed by atoms with Crippen LogP contribution in [-0.2, 0) is 4.84 Å². The van der Waals surface area contributed by atoms with Gasteiger partial charge in [0.1, 0.15) is 11.3 Å². The highest BCUT2D eigenvalue weighted by Crippen LogP contribution is 2.16. The van der Waals surface area contributed by atoms with E-state index in [4.69, 9.17) is 4.84 Å². The molecule has 0 heterocycles. The van der Waals surface area contributed by atoms with Crippen LogP contribution >= 0.6 is 0 Å². The number of phenolic OH excluding ortho intramolecular Hbond substituents is 1. The number of carbonyl (C=O) groups excluding carboxylic acids is 1. The molecule has 0 aromatic heterocycles. The van der Waals surface area contributed by atoms with Crippen molar-refractivity contribution in [3.8, 4) is 5.75 Å². The van der Waals surface area contributed by atoms with E-state index in [1.165, 1.54) is 17.2 Å². The number of rotatable bonds is 4. The summed E-state index contributed by atoms with van der Waals surface area (Å²) in [5.41, 5.74) is 0.185. The Labute approximate surface area is 89.0 Å². The molecule has 4 heteroatoms. The smallest absolute Gasteiger partial charge is 0.360 e. The van der Waals surface area contributed by atoms with E-state index in [0.29, 0.717) is 13.1 Å². The predicted molar refractivity (Wildman–Crippen MR) is 56.4 cm³/mol. The average Bonchev–Trinajstić information content (AvgIpc) is 2.26. The summed E-state index contributed by atoms with van der Waals surface area (Å²) >= 11 is 0. The van der Waals surface area contributed by atoms with E-state index in [-0.39, 0.29) is 11.3 Å². The second kappa shape index (κ2) is 5.36. The molecule has 0 aliphatic carbocycles. The quantitative estimate of drug-likeness (QED) is 0.768. The minimum absolute atomic E-state index is 0.0605. The van der Waals surface area contributed by atoms with Crippen LogP contribution in [0.2, 0.25) is 0 Å². The van der Waals surface area contributed by atoms with Crippen LogP contribution in [0.25, 0.3) is 0 Å². The van der Waals surface area contributed by atoms with Crippen LogP contribution in [0.5, 0.6) is 5.75 Å². The van der Waals surface area contributed by atoms with Crippen LogP contribution in [0.15, 0.2) is 24.3 Å². The maximum absolute atomic E-state index is 11.6. The van der Waals surface area contributed by atoms with E-state index in [1.807, 2.05) is 13.8 Å². The van der Waals surface area contributed by atoms with Gasteiger partial charge in [-0.2, -0.15) is 0 Å². The maximum atomic E-state index is 11.6. The number of hydrogen-bond acceptors (Lipinski definition) is 4. The molecule has 0 atom stereocenters. The van der Waals surface area contributed by atoms with Gasteiger partial charge in [-0.15, -0.1) is 5.06 Å². The molecule has 82 valence electrons. The van der Waals surface area contributed by atoms with Crippen LogP contribution in [-0.4, -0.2) is 29.2 Å². The van der Waals surface area contributed by atoms with E-state index in [0.717, 1.165) is 0 Å². The lowest BCUT2D eigenvalue weighted by molar-refractivity contribution is -0.103. The summed E-state index contributed by atoms with van der Waals surface area (Å²) in [7, 11) is 0. The minimum atomic E-state index is -0.531. The molecule has 0 spiro atoms. The van der Waals surface area contributed by atoms with Crippen molar-refractivity contribution < 1.29 is 14.7 Å². The number of benzene rings is 1. The largest absolute Gasteiger partial charge is 0.507 e. The molecule has 1 aromatic rings. The molecule has 0 saturated heterocycles. The van der Waals surface area contributed by atoms with Gasteiger partial charge >= 0.3 is 5.97 Å². The van der Waals surface area contributed by atoms with Crippen molar-refractivity contribution in [2.45, 2.75) is 13.8 Å². The monoisotopic (exact) mass is 209 g/mol. The normalized spacial score (nSPS) is 10.3. The Morgan fingerprint density at radius 2 is 1.93 bits per heavy atom. The Bertz CT molecular complexity index is 334. The van der Waals surface area contributed by atoms with E-state index in [1.54, 1.807) is 12.1 Å². The summed E-state index contributed by atoms with van der Waals surface area (Å²) in [4.78, 5) is 16.6. The van der Waals surface area contributed by atoms with E-state index in [9.17, 15) is 9.90 Å². The van der Waals surface area contributed by atoms with Gasteiger partial charge in [-0.25, -0.2) is 4.79 Å². The van der Waals surface area contributed by atoms with Crippen LogP contribution in [0, 0.1) is 0 Å². The van der Waals surface area contributed by atoms with Crippen LogP contribution in [0.4, 0.5) is 0 Å². The number of aromatic hydroxyl groups is 1. The molecule has 0 aliphatic rings.